The van der Waals surface area contributed by atoms with Crippen molar-refractivity contribution >= 4 is 18.3 Å². The first-order valence-electron chi connectivity index (χ1n) is 10.5. The van der Waals surface area contributed by atoms with E-state index in [1.807, 2.05) is 34.0 Å². The Kier molecular flexibility index (Phi) is 8.74. The fraction of sp³-hybridized carbons (Fsp3) is 0.565. The van der Waals surface area contributed by atoms with Gasteiger partial charge in [-0.1, -0.05) is 32.9 Å². The van der Waals surface area contributed by atoms with Crippen molar-refractivity contribution in [1.82, 2.24) is 20.0 Å². The first-order chi connectivity index (χ1) is 13.9. The van der Waals surface area contributed by atoms with E-state index in [1.54, 1.807) is 7.11 Å². The van der Waals surface area contributed by atoms with Crippen LogP contribution in [0.4, 0.5) is 0 Å². The van der Waals surface area contributed by atoms with E-state index in [-0.39, 0.29) is 23.7 Å². The Morgan fingerprint density at radius 1 is 1.27 bits per heavy atom. The highest BCUT2D eigenvalue weighted by Crippen LogP contribution is 2.20. The van der Waals surface area contributed by atoms with Gasteiger partial charge in [-0.25, -0.2) is 0 Å². The number of hydrogen-bond donors (Lipinski definition) is 1. The molecule has 1 unspecified atom stereocenters. The van der Waals surface area contributed by atoms with Crippen molar-refractivity contribution in [1.29, 1.82) is 0 Å². The van der Waals surface area contributed by atoms with Gasteiger partial charge < -0.3 is 15.0 Å². The van der Waals surface area contributed by atoms with E-state index in [2.05, 4.69) is 43.3 Å². The van der Waals surface area contributed by atoms with Gasteiger partial charge in [0.25, 0.3) is 5.91 Å². The molecule has 1 atom stereocenters. The number of nitrogens with one attached hydrogen (secondary N) is 1. The lowest BCUT2D eigenvalue weighted by molar-refractivity contribution is 0.0690. The molecule has 3 rings (SSSR count). The molecule has 1 aromatic heterocycles. The SMILES string of the molecule is COc1ccc(CCN(CC(C)(C)C)C(=O)c2ccn(C3CCCNC3)n2)cc1.Cl. The molecule has 1 fully saturated rings. The van der Waals surface area contributed by atoms with Gasteiger partial charge in [0.1, 0.15) is 11.4 Å². The van der Waals surface area contributed by atoms with Crippen LogP contribution in [-0.2, 0) is 6.42 Å². The van der Waals surface area contributed by atoms with Crippen molar-refractivity contribution in [2.75, 3.05) is 33.3 Å². The maximum Gasteiger partial charge on any atom is 0.274 e. The van der Waals surface area contributed by atoms with E-state index < -0.39 is 0 Å². The molecule has 0 aliphatic carbocycles. The molecule has 166 valence electrons. The Labute approximate surface area is 186 Å². The van der Waals surface area contributed by atoms with Gasteiger partial charge in [0.15, 0.2) is 0 Å². The van der Waals surface area contributed by atoms with Gasteiger partial charge >= 0.3 is 0 Å². The van der Waals surface area contributed by atoms with Crippen LogP contribution in [0.1, 0.15) is 55.7 Å². The molecule has 1 aliphatic heterocycles. The standard InChI is InChI=1S/C23H34N4O2.ClH/c1-23(2,3)17-26(14-11-18-7-9-20(29-4)10-8-18)22(28)21-12-15-27(25-21)19-6-5-13-24-16-19;/h7-10,12,15,19,24H,5-6,11,13-14,16-17H2,1-4H3;1H. The molecule has 2 aromatic rings. The molecule has 0 saturated carbocycles. The molecule has 1 saturated heterocycles. The molecular formula is C23H35ClN4O2. The third-order valence-corrected chi connectivity index (χ3v) is 5.25. The molecule has 6 nitrogen and oxygen atoms in total. The van der Waals surface area contributed by atoms with Crippen molar-refractivity contribution in [3.05, 3.63) is 47.8 Å². The largest absolute Gasteiger partial charge is 0.497 e. The number of nitrogens with zero attached hydrogens (tertiary/aromatic N) is 3. The lowest BCUT2D eigenvalue weighted by Gasteiger charge is -2.30. The number of hydrogen-bond acceptors (Lipinski definition) is 4. The van der Waals surface area contributed by atoms with Crippen molar-refractivity contribution in [2.24, 2.45) is 5.41 Å². The summed E-state index contributed by atoms with van der Waals surface area (Å²) < 4.78 is 7.19. The topological polar surface area (TPSA) is 59.4 Å². The van der Waals surface area contributed by atoms with Crippen LogP contribution < -0.4 is 10.1 Å². The fourth-order valence-electron chi connectivity index (χ4n) is 3.76. The molecule has 7 heteroatoms. The zero-order valence-corrected chi connectivity index (χ0v) is 19.4. The highest BCUT2D eigenvalue weighted by molar-refractivity contribution is 5.92. The Hall–Kier alpha value is -2.05. The van der Waals surface area contributed by atoms with Crippen LogP contribution in [0, 0.1) is 5.41 Å². The number of carbonyl (C=O) groups excluding carboxylic acids is 1. The summed E-state index contributed by atoms with van der Waals surface area (Å²) in [5, 5.41) is 8.04. The molecule has 2 heterocycles. The van der Waals surface area contributed by atoms with Crippen molar-refractivity contribution in [3.8, 4) is 5.75 Å². The number of amides is 1. The van der Waals surface area contributed by atoms with Gasteiger partial charge in [0.2, 0.25) is 0 Å². The van der Waals surface area contributed by atoms with Crippen LogP contribution in [0.25, 0.3) is 0 Å². The average molecular weight is 435 g/mol. The molecule has 0 bridgehead atoms. The van der Waals surface area contributed by atoms with E-state index in [0.717, 1.165) is 38.1 Å². The highest BCUT2D eigenvalue weighted by Gasteiger charge is 2.25. The molecular weight excluding hydrogens is 400 g/mol. The minimum absolute atomic E-state index is 0. The highest BCUT2D eigenvalue weighted by atomic mass is 35.5. The lowest BCUT2D eigenvalue weighted by atomic mass is 9.95. The minimum atomic E-state index is 0. The molecule has 30 heavy (non-hydrogen) atoms. The average Bonchev–Trinajstić information content (AvgIpc) is 3.21. The number of ether oxygens (including phenoxy) is 1. The van der Waals surface area contributed by atoms with Crippen LogP contribution >= 0.6 is 12.4 Å². The summed E-state index contributed by atoms with van der Waals surface area (Å²) in [6.07, 6.45) is 5.00. The second-order valence-corrected chi connectivity index (χ2v) is 9.07. The van der Waals surface area contributed by atoms with E-state index in [9.17, 15) is 4.79 Å². The molecule has 1 aliphatic rings. The van der Waals surface area contributed by atoms with Gasteiger partial charge in [0, 0.05) is 25.8 Å². The lowest BCUT2D eigenvalue weighted by Crippen LogP contribution is -2.39. The predicted octanol–water partition coefficient (Wildman–Crippen LogP) is 3.97. The first-order valence-corrected chi connectivity index (χ1v) is 10.5. The van der Waals surface area contributed by atoms with Gasteiger partial charge in [-0.2, -0.15) is 5.10 Å². The first kappa shape index (κ1) is 24.2. The maximum atomic E-state index is 13.3. The van der Waals surface area contributed by atoms with Crippen LogP contribution in [0.2, 0.25) is 0 Å². The van der Waals surface area contributed by atoms with Gasteiger partial charge in [-0.15, -0.1) is 12.4 Å². The smallest absolute Gasteiger partial charge is 0.274 e. The number of aromatic nitrogens is 2. The molecule has 0 spiro atoms. The summed E-state index contributed by atoms with van der Waals surface area (Å²) in [6.45, 7) is 9.82. The summed E-state index contributed by atoms with van der Waals surface area (Å²) in [6, 6.07) is 10.2. The van der Waals surface area contributed by atoms with E-state index in [0.29, 0.717) is 24.8 Å². The number of piperidine rings is 1. The Morgan fingerprint density at radius 3 is 2.60 bits per heavy atom. The summed E-state index contributed by atoms with van der Waals surface area (Å²) in [7, 11) is 1.67. The zero-order chi connectivity index (χ0) is 20.9. The maximum absolute atomic E-state index is 13.3. The number of carbonyl (C=O) groups is 1. The molecule has 0 radical (unpaired) electrons. The number of rotatable bonds is 7. The van der Waals surface area contributed by atoms with Crippen LogP contribution in [0.3, 0.4) is 0 Å². The van der Waals surface area contributed by atoms with E-state index in [1.165, 1.54) is 5.56 Å². The van der Waals surface area contributed by atoms with Crippen LogP contribution in [-0.4, -0.2) is 53.9 Å². The Bertz CT molecular complexity index is 792. The van der Waals surface area contributed by atoms with Gasteiger partial charge in [-0.3, -0.25) is 9.48 Å². The Morgan fingerprint density at radius 2 is 2.00 bits per heavy atom. The number of benzene rings is 1. The monoisotopic (exact) mass is 434 g/mol. The number of halogens is 1. The number of methoxy groups -OCH3 is 1. The van der Waals surface area contributed by atoms with Crippen molar-refractivity contribution in [2.45, 2.75) is 46.1 Å². The summed E-state index contributed by atoms with van der Waals surface area (Å²) in [5.74, 6) is 0.857. The van der Waals surface area contributed by atoms with Crippen molar-refractivity contribution in [3.63, 3.8) is 0 Å². The second kappa shape index (κ2) is 10.8. The minimum Gasteiger partial charge on any atom is -0.497 e. The van der Waals surface area contributed by atoms with Gasteiger partial charge in [0.05, 0.1) is 13.2 Å². The summed E-state index contributed by atoms with van der Waals surface area (Å²) >= 11 is 0. The predicted molar refractivity (Wildman–Crippen MR) is 123 cm³/mol. The van der Waals surface area contributed by atoms with Crippen LogP contribution in [0.15, 0.2) is 36.5 Å². The quantitative estimate of drug-likeness (QED) is 0.716. The summed E-state index contributed by atoms with van der Waals surface area (Å²) in [4.78, 5) is 15.2. The zero-order valence-electron chi connectivity index (χ0n) is 18.6. The molecule has 1 N–H and O–H groups in total. The normalized spacial score (nSPS) is 16.6. The van der Waals surface area contributed by atoms with E-state index in [4.69, 9.17) is 4.74 Å². The third kappa shape index (κ3) is 6.74. The van der Waals surface area contributed by atoms with Gasteiger partial charge in [-0.05, 0) is 55.0 Å². The van der Waals surface area contributed by atoms with E-state index >= 15 is 0 Å². The van der Waals surface area contributed by atoms with Crippen LogP contribution in [0.5, 0.6) is 5.75 Å². The molecule has 1 aromatic carbocycles. The third-order valence-electron chi connectivity index (χ3n) is 5.25. The molecule has 1 amide bonds. The van der Waals surface area contributed by atoms with Crippen molar-refractivity contribution < 1.29 is 9.53 Å². The second-order valence-electron chi connectivity index (χ2n) is 9.07. The fourth-order valence-corrected chi connectivity index (χ4v) is 3.76. The Balaban J connectivity index is 0.00000320. The summed E-state index contributed by atoms with van der Waals surface area (Å²) in [5.41, 5.74) is 1.75.